The molecular weight excluding hydrogens is 166 g/mol. The summed E-state index contributed by atoms with van der Waals surface area (Å²) in [5, 5.41) is 3.17. The van der Waals surface area contributed by atoms with Crippen LogP contribution in [0.5, 0.6) is 0 Å². The highest BCUT2D eigenvalue weighted by Crippen LogP contribution is 2.28. The van der Waals surface area contributed by atoms with Gasteiger partial charge in [-0.2, -0.15) is 11.8 Å². The first-order valence-corrected chi connectivity index (χ1v) is 5.90. The molecule has 70 valence electrons. The Bertz CT molecular complexity index is 139. The highest BCUT2D eigenvalue weighted by atomic mass is 32.2. The topological polar surface area (TPSA) is 12.0 Å². The van der Waals surface area contributed by atoms with Crippen LogP contribution in [0.15, 0.2) is 12.2 Å². The normalized spacial score (nSPS) is 19.4. The van der Waals surface area contributed by atoms with Crippen molar-refractivity contribution in [2.75, 3.05) is 25.1 Å². The number of rotatable bonds is 4. The van der Waals surface area contributed by atoms with Gasteiger partial charge in [-0.25, -0.2) is 0 Å². The molecule has 2 heteroatoms. The highest BCUT2D eigenvalue weighted by molar-refractivity contribution is 7.99. The Morgan fingerprint density at radius 2 is 2.17 bits per heavy atom. The second-order valence-electron chi connectivity index (χ2n) is 3.40. The maximum absolute atomic E-state index is 4.17. The van der Waals surface area contributed by atoms with E-state index in [-0.39, 0.29) is 0 Å². The third kappa shape index (κ3) is 3.20. The third-order valence-electron chi connectivity index (χ3n) is 2.49. The SMILES string of the molecule is C=C(CCNC)C1CCSCC1. The summed E-state index contributed by atoms with van der Waals surface area (Å²) in [5.74, 6) is 3.49. The summed E-state index contributed by atoms with van der Waals surface area (Å²) in [7, 11) is 2.00. The molecule has 0 bridgehead atoms. The van der Waals surface area contributed by atoms with E-state index in [2.05, 4.69) is 23.7 Å². The molecular formula is C10H19NS. The van der Waals surface area contributed by atoms with E-state index in [1.165, 1.54) is 29.9 Å². The van der Waals surface area contributed by atoms with Crippen molar-refractivity contribution in [1.82, 2.24) is 5.32 Å². The van der Waals surface area contributed by atoms with Crippen molar-refractivity contribution in [3.63, 3.8) is 0 Å². The van der Waals surface area contributed by atoms with Gasteiger partial charge in [0.05, 0.1) is 0 Å². The lowest BCUT2D eigenvalue weighted by molar-refractivity contribution is 0.543. The molecule has 0 atom stereocenters. The Balaban J connectivity index is 2.20. The number of hydrogen-bond acceptors (Lipinski definition) is 2. The van der Waals surface area contributed by atoms with E-state index in [1.54, 1.807) is 0 Å². The summed E-state index contributed by atoms with van der Waals surface area (Å²) >= 11 is 2.08. The highest BCUT2D eigenvalue weighted by Gasteiger charge is 2.15. The molecule has 0 aliphatic carbocycles. The summed E-state index contributed by atoms with van der Waals surface area (Å²) < 4.78 is 0. The fourth-order valence-corrected chi connectivity index (χ4v) is 2.70. The first-order chi connectivity index (χ1) is 5.84. The van der Waals surface area contributed by atoms with Gasteiger partial charge in [0.25, 0.3) is 0 Å². The molecule has 1 nitrogen and oxygen atoms in total. The van der Waals surface area contributed by atoms with Crippen molar-refractivity contribution >= 4 is 11.8 Å². The Kier molecular flexibility index (Phi) is 4.77. The fraction of sp³-hybridized carbons (Fsp3) is 0.800. The van der Waals surface area contributed by atoms with Gasteiger partial charge in [-0.15, -0.1) is 0 Å². The van der Waals surface area contributed by atoms with Crippen molar-refractivity contribution in [3.05, 3.63) is 12.2 Å². The van der Waals surface area contributed by atoms with Gasteiger partial charge >= 0.3 is 0 Å². The van der Waals surface area contributed by atoms with Crippen LogP contribution in [0.3, 0.4) is 0 Å². The predicted octanol–water partition coefficient (Wildman–Crippen LogP) is 2.30. The molecule has 0 spiro atoms. The average molecular weight is 185 g/mol. The second-order valence-corrected chi connectivity index (χ2v) is 4.62. The van der Waals surface area contributed by atoms with E-state index >= 15 is 0 Å². The molecule has 1 aliphatic rings. The Morgan fingerprint density at radius 3 is 2.75 bits per heavy atom. The van der Waals surface area contributed by atoms with Crippen molar-refractivity contribution in [1.29, 1.82) is 0 Å². The van der Waals surface area contributed by atoms with Gasteiger partial charge in [0, 0.05) is 0 Å². The van der Waals surface area contributed by atoms with Crippen LogP contribution in [0.25, 0.3) is 0 Å². The Labute approximate surface area is 80.0 Å². The minimum atomic E-state index is 0.819. The molecule has 0 aromatic carbocycles. The van der Waals surface area contributed by atoms with E-state index < -0.39 is 0 Å². The van der Waals surface area contributed by atoms with E-state index in [4.69, 9.17) is 0 Å². The minimum absolute atomic E-state index is 0.819. The molecule has 12 heavy (non-hydrogen) atoms. The minimum Gasteiger partial charge on any atom is -0.319 e. The fourth-order valence-electron chi connectivity index (χ4n) is 1.60. The smallest absolute Gasteiger partial charge is 0.00146 e. The van der Waals surface area contributed by atoms with Gasteiger partial charge in [-0.3, -0.25) is 0 Å². The lowest BCUT2D eigenvalue weighted by Gasteiger charge is -2.23. The zero-order chi connectivity index (χ0) is 8.81. The van der Waals surface area contributed by atoms with Crippen LogP contribution < -0.4 is 5.32 Å². The molecule has 0 aromatic rings. The van der Waals surface area contributed by atoms with Crippen LogP contribution in [-0.2, 0) is 0 Å². The van der Waals surface area contributed by atoms with E-state index in [1.807, 2.05) is 7.05 Å². The Morgan fingerprint density at radius 1 is 1.50 bits per heavy atom. The van der Waals surface area contributed by atoms with Crippen LogP contribution in [0.4, 0.5) is 0 Å². The number of hydrogen-bond donors (Lipinski definition) is 1. The average Bonchev–Trinajstić information content (AvgIpc) is 2.15. The molecule has 1 fully saturated rings. The zero-order valence-corrected chi connectivity index (χ0v) is 8.75. The predicted molar refractivity (Wildman–Crippen MR) is 57.7 cm³/mol. The van der Waals surface area contributed by atoms with Crippen molar-refractivity contribution < 1.29 is 0 Å². The Hall–Kier alpha value is 0.0500. The van der Waals surface area contributed by atoms with Crippen LogP contribution >= 0.6 is 11.8 Å². The van der Waals surface area contributed by atoms with Crippen LogP contribution in [0, 0.1) is 5.92 Å². The van der Waals surface area contributed by atoms with Crippen molar-refractivity contribution in [2.45, 2.75) is 19.3 Å². The molecule has 1 N–H and O–H groups in total. The quantitative estimate of drug-likeness (QED) is 0.674. The molecule has 1 heterocycles. The maximum Gasteiger partial charge on any atom is -0.00146 e. The number of nitrogens with one attached hydrogen (secondary N) is 1. The summed E-state index contributed by atoms with van der Waals surface area (Å²) in [6.07, 6.45) is 3.87. The monoisotopic (exact) mass is 185 g/mol. The molecule has 1 saturated heterocycles. The van der Waals surface area contributed by atoms with E-state index in [0.717, 1.165) is 18.9 Å². The molecule has 0 aromatic heterocycles. The first-order valence-electron chi connectivity index (χ1n) is 4.74. The van der Waals surface area contributed by atoms with Gasteiger partial charge in [-0.1, -0.05) is 12.2 Å². The van der Waals surface area contributed by atoms with Crippen LogP contribution in [0.2, 0.25) is 0 Å². The van der Waals surface area contributed by atoms with Crippen LogP contribution in [0.1, 0.15) is 19.3 Å². The van der Waals surface area contributed by atoms with E-state index in [0.29, 0.717) is 0 Å². The molecule has 0 saturated carbocycles. The molecule has 0 unspecified atom stereocenters. The number of thioether (sulfide) groups is 1. The summed E-state index contributed by atoms with van der Waals surface area (Å²) in [6.45, 7) is 5.25. The first kappa shape index (κ1) is 10.1. The zero-order valence-electron chi connectivity index (χ0n) is 7.94. The summed E-state index contributed by atoms with van der Waals surface area (Å²) in [6, 6.07) is 0. The van der Waals surface area contributed by atoms with Crippen molar-refractivity contribution in [3.8, 4) is 0 Å². The molecule has 1 rings (SSSR count). The second kappa shape index (κ2) is 5.65. The molecule has 0 radical (unpaired) electrons. The largest absolute Gasteiger partial charge is 0.319 e. The molecule has 1 aliphatic heterocycles. The van der Waals surface area contributed by atoms with Gasteiger partial charge in [0.2, 0.25) is 0 Å². The van der Waals surface area contributed by atoms with Crippen LogP contribution in [-0.4, -0.2) is 25.1 Å². The lowest BCUT2D eigenvalue weighted by atomic mass is 9.92. The van der Waals surface area contributed by atoms with Gasteiger partial charge in [0.15, 0.2) is 0 Å². The third-order valence-corrected chi connectivity index (χ3v) is 3.54. The standard InChI is InChI=1S/C10H19NS/c1-9(3-6-11-2)10-4-7-12-8-5-10/h10-11H,1,3-8H2,2H3. The maximum atomic E-state index is 4.17. The lowest BCUT2D eigenvalue weighted by Crippen LogP contribution is -2.15. The van der Waals surface area contributed by atoms with Crippen molar-refractivity contribution in [2.24, 2.45) is 5.92 Å². The van der Waals surface area contributed by atoms with Gasteiger partial charge in [0.1, 0.15) is 0 Å². The summed E-state index contributed by atoms with van der Waals surface area (Å²) in [5.41, 5.74) is 1.46. The molecule has 0 amide bonds. The van der Waals surface area contributed by atoms with E-state index in [9.17, 15) is 0 Å². The summed E-state index contributed by atoms with van der Waals surface area (Å²) in [4.78, 5) is 0. The van der Waals surface area contributed by atoms with Gasteiger partial charge in [-0.05, 0) is 50.3 Å². The van der Waals surface area contributed by atoms with Gasteiger partial charge < -0.3 is 5.32 Å².